The van der Waals surface area contributed by atoms with Gasteiger partial charge in [-0.15, -0.1) is 0 Å². The molecule has 0 spiro atoms. The van der Waals surface area contributed by atoms with E-state index in [1.54, 1.807) is 23.1 Å². The largest absolute Gasteiger partial charge is 0.489 e. The first-order valence-electron chi connectivity index (χ1n) is 12.4. The van der Waals surface area contributed by atoms with Crippen molar-refractivity contribution in [3.63, 3.8) is 0 Å². The minimum absolute atomic E-state index is 0.103. The Bertz CT molecular complexity index is 1690. The lowest BCUT2D eigenvalue weighted by Gasteiger charge is -2.25. The molecule has 38 heavy (non-hydrogen) atoms. The van der Waals surface area contributed by atoms with Crippen LogP contribution in [0.25, 0.3) is 11.0 Å². The third-order valence-electron chi connectivity index (χ3n) is 6.85. The van der Waals surface area contributed by atoms with Crippen LogP contribution in [0, 0.1) is 6.92 Å². The maximum absolute atomic E-state index is 13.8. The van der Waals surface area contributed by atoms with Crippen LogP contribution in [0.4, 0.5) is 0 Å². The van der Waals surface area contributed by atoms with Crippen LogP contribution in [-0.4, -0.2) is 10.8 Å². The number of benzene rings is 4. The van der Waals surface area contributed by atoms with E-state index in [2.05, 4.69) is 15.9 Å². The molecule has 5 aromatic rings. The quantitative estimate of drug-likeness (QED) is 0.218. The lowest BCUT2D eigenvalue weighted by molar-refractivity contribution is 0.0714. The van der Waals surface area contributed by atoms with Gasteiger partial charge in [0.15, 0.2) is 5.43 Å². The molecule has 6 heteroatoms. The van der Waals surface area contributed by atoms with Gasteiger partial charge in [0.1, 0.15) is 17.9 Å². The highest BCUT2D eigenvalue weighted by atomic mass is 79.9. The molecule has 1 amide bonds. The molecule has 0 saturated carbocycles. The number of amides is 1. The molecule has 1 unspecified atom stereocenters. The normalized spacial score (nSPS) is 14.6. The molecule has 1 aliphatic rings. The maximum atomic E-state index is 13.8. The van der Waals surface area contributed by atoms with Gasteiger partial charge < -0.3 is 14.1 Å². The highest BCUT2D eigenvalue weighted by Crippen LogP contribution is 2.40. The first-order chi connectivity index (χ1) is 18.5. The van der Waals surface area contributed by atoms with E-state index in [9.17, 15) is 9.59 Å². The molecule has 6 rings (SSSR count). The lowest BCUT2D eigenvalue weighted by Crippen LogP contribution is -2.29. The summed E-state index contributed by atoms with van der Waals surface area (Å²) in [7, 11) is 0. The molecule has 2 heterocycles. The molecule has 1 aromatic heterocycles. The SMILES string of the molecule is Cc1ccc(CN2C(=O)c3oc4ccc(Br)cc4c(=O)c3C2c2ccc(OCc3ccccc3)cc2)cc1. The van der Waals surface area contributed by atoms with Gasteiger partial charge >= 0.3 is 0 Å². The number of fused-ring (bicyclic) bond motifs is 2. The van der Waals surface area contributed by atoms with Crippen molar-refractivity contribution in [3.05, 3.63) is 145 Å². The van der Waals surface area contributed by atoms with Gasteiger partial charge in [-0.2, -0.15) is 0 Å². The Morgan fingerprint density at radius 1 is 0.868 bits per heavy atom. The molecule has 0 radical (unpaired) electrons. The predicted molar refractivity (Wildman–Crippen MR) is 150 cm³/mol. The van der Waals surface area contributed by atoms with Gasteiger partial charge in [-0.25, -0.2) is 0 Å². The number of halogens is 1. The summed E-state index contributed by atoms with van der Waals surface area (Å²) in [5.41, 5.74) is 4.57. The van der Waals surface area contributed by atoms with Crippen molar-refractivity contribution in [1.82, 2.24) is 4.90 Å². The Balaban J connectivity index is 1.40. The number of nitrogens with zero attached hydrogens (tertiary/aromatic N) is 1. The second-order valence-corrected chi connectivity index (χ2v) is 10.4. The minimum atomic E-state index is -0.582. The summed E-state index contributed by atoms with van der Waals surface area (Å²) in [6.45, 7) is 2.83. The average molecular weight is 566 g/mol. The molecule has 0 fully saturated rings. The van der Waals surface area contributed by atoms with E-state index in [-0.39, 0.29) is 17.1 Å². The van der Waals surface area contributed by atoms with Crippen LogP contribution in [0.3, 0.4) is 0 Å². The van der Waals surface area contributed by atoms with Gasteiger partial charge in [-0.3, -0.25) is 9.59 Å². The zero-order valence-corrected chi connectivity index (χ0v) is 22.3. The maximum Gasteiger partial charge on any atom is 0.291 e. The van der Waals surface area contributed by atoms with E-state index in [0.717, 1.165) is 26.7 Å². The van der Waals surface area contributed by atoms with Crippen molar-refractivity contribution < 1.29 is 13.9 Å². The van der Waals surface area contributed by atoms with E-state index >= 15 is 0 Å². The number of carbonyl (C=O) groups excluding carboxylic acids is 1. The first-order valence-corrected chi connectivity index (χ1v) is 13.2. The molecule has 0 N–H and O–H groups in total. The first kappa shape index (κ1) is 24.2. The Hall–Kier alpha value is -4.16. The van der Waals surface area contributed by atoms with E-state index in [1.165, 1.54) is 0 Å². The summed E-state index contributed by atoms with van der Waals surface area (Å²) in [5.74, 6) is 0.518. The van der Waals surface area contributed by atoms with Crippen LogP contribution < -0.4 is 10.2 Å². The highest BCUT2D eigenvalue weighted by Gasteiger charge is 2.42. The smallest absolute Gasteiger partial charge is 0.291 e. The number of ether oxygens (including phenoxy) is 1. The van der Waals surface area contributed by atoms with Gasteiger partial charge in [-0.1, -0.05) is 88.2 Å². The fourth-order valence-corrected chi connectivity index (χ4v) is 5.24. The molecule has 5 nitrogen and oxygen atoms in total. The van der Waals surface area contributed by atoms with E-state index < -0.39 is 6.04 Å². The molecule has 0 aliphatic carbocycles. The van der Waals surface area contributed by atoms with E-state index in [1.807, 2.05) is 85.8 Å². The molecule has 1 aliphatic heterocycles. The monoisotopic (exact) mass is 565 g/mol. The number of hydrogen-bond donors (Lipinski definition) is 0. The summed E-state index contributed by atoms with van der Waals surface area (Å²) < 4.78 is 12.8. The van der Waals surface area contributed by atoms with E-state index in [4.69, 9.17) is 9.15 Å². The molecule has 4 aromatic carbocycles. The van der Waals surface area contributed by atoms with Crippen LogP contribution in [0.5, 0.6) is 5.75 Å². The molecular formula is C32H24BrNO4. The van der Waals surface area contributed by atoms with Crippen LogP contribution in [0.2, 0.25) is 0 Å². The second kappa shape index (κ2) is 9.95. The van der Waals surface area contributed by atoms with Crippen molar-refractivity contribution in [3.8, 4) is 5.75 Å². The van der Waals surface area contributed by atoms with Gasteiger partial charge in [0, 0.05) is 11.0 Å². The number of aryl methyl sites for hydroxylation is 1. The van der Waals surface area contributed by atoms with E-state index in [0.29, 0.717) is 35.4 Å². The molecule has 0 saturated heterocycles. The van der Waals surface area contributed by atoms with Gasteiger partial charge in [0.05, 0.1) is 17.0 Å². The van der Waals surface area contributed by atoms with Crippen LogP contribution >= 0.6 is 15.9 Å². The summed E-state index contributed by atoms with van der Waals surface area (Å²) in [5, 5.41) is 0.441. The summed E-state index contributed by atoms with van der Waals surface area (Å²) in [4.78, 5) is 29.2. The predicted octanol–water partition coefficient (Wildman–Crippen LogP) is 7.19. The molecular weight excluding hydrogens is 542 g/mol. The molecule has 0 bridgehead atoms. The fourth-order valence-electron chi connectivity index (χ4n) is 4.88. The van der Waals surface area contributed by atoms with Crippen molar-refractivity contribution in [2.24, 2.45) is 0 Å². The summed E-state index contributed by atoms with van der Waals surface area (Å²) >= 11 is 3.45. The topological polar surface area (TPSA) is 59.8 Å². The van der Waals surface area contributed by atoms with Crippen molar-refractivity contribution in [2.45, 2.75) is 26.1 Å². The Morgan fingerprint density at radius 3 is 2.34 bits per heavy atom. The lowest BCUT2D eigenvalue weighted by atomic mass is 9.98. The summed E-state index contributed by atoms with van der Waals surface area (Å²) in [6.07, 6.45) is 0. The average Bonchev–Trinajstić information content (AvgIpc) is 3.21. The highest BCUT2D eigenvalue weighted by molar-refractivity contribution is 9.10. The Labute approximate surface area is 228 Å². The van der Waals surface area contributed by atoms with Crippen molar-refractivity contribution in [1.29, 1.82) is 0 Å². The summed E-state index contributed by atoms with van der Waals surface area (Å²) in [6, 6.07) is 30.3. The Morgan fingerprint density at radius 2 is 1.61 bits per heavy atom. The van der Waals surface area contributed by atoms with Crippen LogP contribution in [0.15, 0.2) is 111 Å². The third-order valence-corrected chi connectivity index (χ3v) is 7.34. The van der Waals surface area contributed by atoms with Crippen LogP contribution in [0.1, 0.15) is 44.4 Å². The molecule has 1 atom stereocenters. The fraction of sp³-hybridized carbons (Fsp3) is 0.125. The third kappa shape index (κ3) is 4.52. The number of carbonyl (C=O) groups is 1. The Kier molecular flexibility index (Phi) is 6.34. The standard InChI is InChI=1S/C32H24BrNO4/c1-20-7-9-21(10-8-20)18-34-29(23-11-14-25(15-12-23)37-19-22-5-3-2-4-6-22)28-30(35)26-17-24(33)13-16-27(26)38-31(28)32(34)36/h2-17,29H,18-19H2,1H3. The van der Waals surface area contributed by atoms with Gasteiger partial charge in [-0.05, 0) is 53.9 Å². The van der Waals surface area contributed by atoms with Crippen molar-refractivity contribution in [2.75, 3.05) is 0 Å². The zero-order valence-electron chi connectivity index (χ0n) is 20.7. The molecule has 188 valence electrons. The zero-order chi connectivity index (χ0) is 26.2. The second-order valence-electron chi connectivity index (χ2n) is 9.48. The number of rotatable bonds is 6. The van der Waals surface area contributed by atoms with Gasteiger partial charge in [0.25, 0.3) is 5.91 Å². The van der Waals surface area contributed by atoms with Crippen LogP contribution in [-0.2, 0) is 13.2 Å². The minimum Gasteiger partial charge on any atom is -0.489 e. The van der Waals surface area contributed by atoms with Crippen molar-refractivity contribution >= 4 is 32.8 Å². The van der Waals surface area contributed by atoms with Gasteiger partial charge in [0.2, 0.25) is 5.76 Å². The number of hydrogen-bond acceptors (Lipinski definition) is 4.